The van der Waals surface area contributed by atoms with Crippen molar-refractivity contribution in [3.05, 3.63) is 0 Å². The van der Waals surface area contributed by atoms with Crippen LogP contribution in [0.4, 0.5) is 0 Å². The summed E-state index contributed by atoms with van der Waals surface area (Å²) in [6.45, 7) is 8.73. The molecule has 0 aromatic carbocycles. The summed E-state index contributed by atoms with van der Waals surface area (Å²) >= 11 is 0. The van der Waals surface area contributed by atoms with Gasteiger partial charge in [-0.2, -0.15) is 0 Å². The smallest absolute Gasteiger partial charge is 0.242 e. The van der Waals surface area contributed by atoms with E-state index >= 15 is 0 Å². The molecule has 124 valence electrons. The van der Waals surface area contributed by atoms with Crippen LogP contribution < -0.4 is 16.4 Å². The summed E-state index contributed by atoms with van der Waals surface area (Å²) in [7, 11) is 0. The maximum Gasteiger partial charge on any atom is 0.242 e. The molecule has 1 aliphatic heterocycles. The van der Waals surface area contributed by atoms with Gasteiger partial charge >= 0.3 is 0 Å². The number of carbonyl (C=O) groups excluding carboxylic acids is 2. The van der Waals surface area contributed by atoms with Crippen LogP contribution in [0, 0.1) is 5.41 Å². The predicted molar refractivity (Wildman–Crippen MR) is 84.3 cm³/mol. The highest BCUT2D eigenvalue weighted by Crippen LogP contribution is 2.29. The van der Waals surface area contributed by atoms with Crippen LogP contribution in [0.2, 0.25) is 0 Å². The van der Waals surface area contributed by atoms with Crippen LogP contribution in [0.5, 0.6) is 0 Å². The van der Waals surface area contributed by atoms with E-state index < -0.39 is 11.5 Å². The monoisotopic (exact) mass is 321 g/mol. The average Bonchev–Trinajstić information content (AvgIpc) is 2.37. The van der Waals surface area contributed by atoms with Crippen LogP contribution in [0.3, 0.4) is 0 Å². The first-order valence-electron chi connectivity index (χ1n) is 7.11. The Balaban J connectivity index is 0.00000400. The highest BCUT2D eigenvalue weighted by atomic mass is 35.5. The normalized spacial score (nSPS) is 19.1. The lowest BCUT2D eigenvalue weighted by atomic mass is 9.79. The molecule has 0 spiro atoms. The van der Waals surface area contributed by atoms with Gasteiger partial charge < -0.3 is 21.1 Å². The maximum absolute atomic E-state index is 12.4. The highest BCUT2D eigenvalue weighted by Gasteiger charge is 2.39. The molecule has 1 unspecified atom stereocenters. The van der Waals surface area contributed by atoms with E-state index in [1.807, 2.05) is 20.8 Å². The molecule has 0 saturated carbocycles. The SMILES string of the molecule is CC(NC(=O)C1(CN)CCOCC1)C(=O)NC(C)(C)C.Cl. The molecule has 1 fully saturated rings. The summed E-state index contributed by atoms with van der Waals surface area (Å²) in [4.78, 5) is 24.4. The van der Waals surface area contributed by atoms with Gasteiger partial charge in [-0.15, -0.1) is 12.4 Å². The Bertz CT molecular complexity index is 363. The molecule has 1 rings (SSSR count). The molecule has 21 heavy (non-hydrogen) atoms. The largest absolute Gasteiger partial charge is 0.381 e. The second-order valence-corrected chi connectivity index (χ2v) is 6.53. The summed E-state index contributed by atoms with van der Waals surface area (Å²) in [6, 6.07) is -0.576. The molecule has 0 radical (unpaired) electrons. The Morgan fingerprint density at radius 2 is 1.81 bits per heavy atom. The van der Waals surface area contributed by atoms with Gasteiger partial charge in [-0.25, -0.2) is 0 Å². The van der Waals surface area contributed by atoms with Gasteiger partial charge in [0.25, 0.3) is 0 Å². The topological polar surface area (TPSA) is 93.5 Å². The molecule has 7 heteroatoms. The van der Waals surface area contributed by atoms with Gasteiger partial charge in [0.1, 0.15) is 6.04 Å². The average molecular weight is 322 g/mol. The van der Waals surface area contributed by atoms with Crippen molar-refractivity contribution in [1.29, 1.82) is 0 Å². The Morgan fingerprint density at radius 1 is 1.29 bits per heavy atom. The molecular formula is C14H28ClN3O3. The minimum atomic E-state index is -0.603. The molecule has 2 amide bonds. The lowest BCUT2D eigenvalue weighted by Gasteiger charge is -2.35. The van der Waals surface area contributed by atoms with Gasteiger partial charge in [0, 0.05) is 25.3 Å². The Kier molecular flexibility index (Phi) is 7.64. The summed E-state index contributed by atoms with van der Waals surface area (Å²) < 4.78 is 5.28. The molecule has 0 aliphatic carbocycles. The van der Waals surface area contributed by atoms with E-state index in [-0.39, 0.29) is 36.3 Å². The molecule has 0 aromatic heterocycles. The first-order valence-corrected chi connectivity index (χ1v) is 7.11. The van der Waals surface area contributed by atoms with Crippen LogP contribution >= 0.6 is 12.4 Å². The highest BCUT2D eigenvalue weighted by molar-refractivity contribution is 5.90. The van der Waals surface area contributed by atoms with E-state index in [0.717, 1.165) is 0 Å². The number of rotatable bonds is 4. The van der Waals surface area contributed by atoms with Gasteiger partial charge in [0.05, 0.1) is 5.41 Å². The number of carbonyl (C=O) groups is 2. The van der Waals surface area contributed by atoms with E-state index in [4.69, 9.17) is 10.5 Å². The van der Waals surface area contributed by atoms with Crippen molar-refractivity contribution in [1.82, 2.24) is 10.6 Å². The zero-order valence-corrected chi connectivity index (χ0v) is 14.1. The van der Waals surface area contributed by atoms with Crippen molar-refractivity contribution >= 4 is 24.2 Å². The van der Waals surface area contributed by atoms with Crippen molar-refractivity contribution in [2.24, 2.45) is 11.1 Å². The van der Waals surface area contributed by atoms with Crippen molar-refractivity contribution in [2.45, 2.75) is 52.1 Å². The first-order chi connectivity index (χ1) is 9.20. The molecule has 1 saturated heterocycles. The molecule has 0 bridgehead atoms. The van der Waals surface area contributed by atoms with Crippen molar-refractivity contribution in [3.63, 3.8) is 0 Å². The number of ether oxygens (including phenoxy) is 1. The number of hydrogen-bond donors (Lipinski definition) is 3. The van der Waals surface area contributed by atoms with Gasteiger partial charge in [0.15, 0.2) is 0 Å². The van der Waals surface area contributed by atoms with E-state index in [2.05, 4.69) is 10.6 Å². The van der Waals surface area contributed by atoms with Crippen LogP contribution in [0.15, 0.2) is 0 Å². The van der Waals surface area contributed by atoms with Crippen LogP contribution in [-0.4, -0.2) is 43.2 Å². The fourth-order valence-corrected chi connectivity index (χ4v) is 2.18. The van der Waals surface area contributed by atoms with Crippen LogP contribution in [0.1, 0.15) is 40.5 Å². The summed E-state index contributed by atoms with van der Waals surface area (Å²) in [6.07, 6.45) is 1.20. The Labute approximate surface area is 133 Å². The standard InChI is InChI=1S/C14H27N3O3.ClH/c1-10(11(18)17-13(2,3)4)16-12(19)14(9-15)5-7-20-8-6-14;/h10H,5-9,15H2,1-4H3,(H,16,19)(H,17,18);1H. The molecular weight excluding hydrogens is 294 g/mol. The second kappa shape index (κ2) is 7.96. The lowest BCUT2D eigenvalue weighted by Crippen LogP contribution is -2.56. The number of hydrogen-bond acceptors (Lipinski definition) is 4. The first kappa shape index (κ1) is 20.1. The molecule has 1 aliphatic rings. The van der Waals surface area contributed by atoms with E-state index in [1.165, 1.54) is 0 Å². The van der Waals surface area contributed by atoms with Crippen LogP contribution in [0.25, 0.3) is 0 Å². The third kappa shape index (κ3) is 5.80. The van der Waals surface area contributed by atoms with E-state index in [1.54, 1.807) is 6.92 Å². The fraction of sp³-hybridized carbons (Fsp3) is 0.857. The molecule has 0 aromatic rings. The van der Waals surface area contributed by atoms with Crippen molar-refractivity contribution < 1.29 is 14.3 Å². The van der Waals surface area contributed by atoms with Gasteiger partial charge in [-0.3, -0.25) is 9.59 Å². The third-order valence-corrected chi connectivity index (χ3v) is 3.56. The van der Waals surface area contributed by atoms with Gasteiger partial charge in [-0.1, -0.05) is 0 Å². The molecule has 1 atom stereocenters. The molecule has 6 nitrogen and oxygen atoms in total. The Hall–Kier alpha value is -0.850. The van der Waals surface area contributed by atoms with Crippen LogP contribution in [-0.2, 0) is 14.3 Å². The minimum absolute atomic E-state index is 0. The number of nitrogens with two attached hydrogens (primary N) is 1. The summed E-state index contributed by atoms with van der Waals surface area (Å²) in [5.74, 6) is -0.343. The number of amides is 2. The lowest BCUT2D eigenvalue weighted by molar-refractivity contribution is -0.139. The third-order valence-electron chi connectivity index (χ3n) is 3.56. The number of nitrogens with one attached hydrogen (secondary N) is 2. The summed E-state index contributed by atoms with van der Waals surface area (Å²) in [5, 5.41) is 5.63. The number of halogens is 1. The fourth-order valence-electron chi connectivity index (χ4n) is 2.18. The van der Waals surface area contributed by atoms with Crippen molar-refractivity contribution in [2.75, 3.05) is 19.8 Å². The maximum atomic E-state index is 12.4. The Morgan fingerprint density at radius 3 is 2.24 bits per heavy atom. The molecule has 4 N–H and O–H groups in total. The molecule has 1 heterocycles. The van der Waals surface area contributed by atoms with Gasteiger partial charge in [0.2, 0.25) is 11.8 Å². The zero-order valence-electron chi connectivity index (χ0n) is 13.3. The van der Waals surface area contributed by atoms with E-state index in [9.17, 15) is 9.59 Å². The van der Waals surface area contributed by atoms with Gasteiger partial charge in [-0.05, 0) is 40.5 Å². The summed E-state index contributed by atoms with van der Waals surface area (Å²) in [5.41, 5.74) is 4.85. The zero-order chi connectivity index (χ0) is 15.4. The second-order valence-electron chi connectivity index (χ2n) is 6.53. The van der Waals surface area contributed by atoms with Crippen molar-refractivity contribution in [3.8, 4) is 0 Å². The van der Waals surface area contributed by atoms with E-state index in [0.29, 0.717) is 26.1 Å². The predicted octanol–water partition coefficient (Wildman–Crippen LogP) is 0.583. The minimum Gasteiger partial charge on any atom is -0.381 e. The quantitative estimate of drug-likeness (QED) is 0.706.